The molecule has 2 rings (SSSR count). The SMILES string of the molecule is CCNCc1cc(F)cnc1Oc1cc(F)ccc1Br. The van der Waals surface area contributed by atoms with Crippen LogP contribution in [-0.4, -0.2) is 11.5 Å². The lowest BCUT2D eigenvalue weighted by Gasteiger charge is -2.11. The molecule has 0 aliphatic heterocycles. The van der Waals surface area contributed by atoms with Crippen LogP contribution in [0.25, 0.3) is 0 Å². The van der Waals surface area contributed by atoms with E-state index in [1.165, 1.54) is 24.3 Å². The fourth-order valence-corrected chi connectivity index (χ4v) is 1.93. The van der Waals surface area contributed by atoms with Gasteiger partial charge in [0.1, 0.15) is 17.4 Å². The van der Waals surface area contributed by atoms with Gasteiger partial charge in [0, 0.05) is 18.2 Å². The Kier molecular flexibility index (Phi) is 5.03. The van der Waals surface area contributed by atoms with Gasteiger partial charge in [-0.1, -0.05) is 6.92 Å². The highest BCUT2D eigenvalue weighted by Crippen LogP contribution is 2.31. The Morgan fingerprint density at radius 1 is 1.25 bits per heavy atom. The smallest absolute Gasteiger partial charge is 0.223 e. The van der Waals surface area contributed by atoms with Crippen molar-refractivity contribution in [1.82, 2.24) is 10.3 Å². The summed E-state index contributed by atoms with van der Waals surface area (Å²) in [7, 11) is 0. The normalized spacial score (nSPS) is 10.6. The number of pyridine rings is 1. The van der Waals surface area contributed by atoms with Crippen molar-refractivity contribution < 1.29 is 13.5 Å². The van der Waals surface area contributed by atoms with E-state index in [0.29, 0.717) is 22.3 Å². The van der Waals surface area contributed by atoms with Crippen molar-refractivity contribution >= 4 is 15.9 Å². The largest absolute Gasteiger partial charge is 0.437 e. The second-order valence-corrected chi connectivity index (χ2v) is 4.93. The molecule has 106 valence electrons. The maximum Gasteiger partial charge on any atom is 0.223 e. The Labute approximate surface area is 124 Å². The molecule has 0 bridgehead atoms. The highest BCUT2D eigenvalue weighted by atomic mass is 79.9. The first-order chi connectivity index (χ1) is 9.60. The number of halogens is 3. The van der Waals surface area contributed by atoms with Crippen molar-refractivity contribution in [3.63, 3.8) is 0 Å². The van der Waals surface area contributed by atoms with Gasteiger partial charge in [-0.15, -0.1) is 0 Å². The minimum atomic E-state index is -0.441. The van der Waals surface area contributed by atoms with Gasteiger partial charge in [0.2, 0.25) is 5.88 Å². The summed E-state index contributed by atoms with van der Waals surface area (Å²) in [5.74, 6) is -0.317. The minimum absolute atomic E-state index is 0.249. The molecule has 0 aliphatic rings. The van der Waals surface area contributed by atoms with Crippen molar-refractivity contribution in [1.29, 1.82) is 0 Å². The van der Waals surface area contributed by atoms with E-state index in [0.717, 1.165) is 12.7 Å². The molecule has 0 amide bonds. The molecule has 2 aromatic rings. The molecule has 3 nitrogen and oxygen atoms in total. The van der Waals surface area contributed by atoms with Gasteiger partial charge in [-0.25, -0.2) is 13.8 Å². The molecule has 0 fully saturated rings. The highest BCUT2D eigenvalue weighted by molar-refractivity contribution is 9.10. The lowest BCUT2D eigenvalue weighted by Crippen LogP contribution is -2.13. The van der Waals surface area contributed by atoms with Crippen LogP contribution < -0.4 is 10.1 Å². The maximum atomic E-state index is 13.2. The Morgan fingerprint density at radius 3 is 2.80 bits per heavy atom. The zero-order chi connectivity index (χ0) is 14.5. The van der Waals surface area contributed by atoms with E-state index < -0.39 is 11.6 Å². The third kappa shape index (κ3) is 3.74. The summed E-state index contributed by atoms with van der Waals surface area (Å²) in [5.41, 5.74) is 0.572. The number of nitrogens with zero attached hydrogens (tertiary/aromatic N) is 1. The first-order valence-electron chi connectivity index (χ1n) is 6.08. The van der Waals surface area contributed by atoms with Gasteiger partial charge in [-0.2, -0.15) is 0 Å². The third-order valence-corrected chi connectivity index (χ3v) is 3.21. The fraction of sp³-hybridized carbons (Fsp3) is 0.214. The molecule has 1 aromatic carbocycles. The number of benzene rings is 1. The summed E-state index contributed by atoms with van der Waals surface area (Å²) >= 11 is 3.27. The van der Waals surface area contributed by atoms with Crippen LogP contribution in [0.3, 0.4) is 0 Å². The zero-order valence-corrected chi connectivity index (χ0v) is 12.4. The van der Waals surface area contributed by atoms with E-state index in [4.69, 9.17) is 4.74 Å². The van der Waals surface area contributed by atoms with Crippen LogP contribution in [0.4, 0.5) is 8.78 Å². The van der Waals surface area contributed by atoms with Crippen molar-refractivity contribution in [2.75, 3.05) is 6.54 Å². The van der Waals surface area contributed by atoms with Crippen LogP contribution in [0.5, 0.6) is 11.6 Å². The van der Waals surface area contributed by atoms with Gasteiger partial charge in [-0.3, -0.25) is 0 Å². The molecule has 0 spiro atoms. The molecule has 0 aliphatic carbocycles. The summed E-state index contributed by atoms with van der Waals surface area (Å²) in [6.45, 7) is 3.10. The molecule has 1 N–H and O–H groups in total. The Bertz CT molecular complexity index is 608. The molecule has 0 atom stereocenters. The Hall–Kier alpha value is -1.53. The summed E-state index contributed by atoms with van der Waals surface area (Å²) < 4.78 is 32.6. The lowest BCUT2D eigenvalue weighted by molar-refractivity contribution is 0.442. The minimum Gasteiger partial charge on any atom is -0.437 e. The molecular weight excluding hydrogens is 330 g/mol. The number of rotatable bonds is 5. The summed E-state index contributed by atoms with van der Waals surface area (Å²) in [6.07, 6.45) is 1.07. The van der Waals surface area contributed by atoms with Crippen LogP contribution in [0.1, 0.15) is 12.5 Å². The number of nitrogens with one attached hydrogen (secondary N) is 1. The van der Waals surface area contributed by atoms with E-state index >= 15 is 0 Å². The summed E-state index contributed by atoms with van der Waals surface area (Å²) in [4.78, 5) is 3.92. The zero-order valence-electron chi connectivity index (χ0n) is 10.8. The number of hydrogen-bond donors (Lipinski definition) is 1. The average Bonchev–Trinajstić information content (AvgIpc) is 2.43. The van der Waals surface area contributed by atoms with E-state index in [-0.39, 0.29) is 5.88 Å². The Morgan fingerprint density at radius 2 is 2.05 bits per heavy atom. The van der Waals surface area contributed by atoms with Crippen LogP contribution in [0.15, 0.2) is 34.9 Å². The lowest BCUT2D eigenvalue weighted by atomic mass is 10.2. The van der Waals surface area contributed by atoms with Crippen molar-refractivity contribution in [3.05, 3.63) is 52.1 Å². The second-order valence-electron chi connectivity index (χ2n) is 4.07. The van der Waals surface area contributed by atoms with Crippen molar-refractivity contribution in [3.8, 4) is 11.6 Å². The molecule has 0 unspecified atom stereocenters. The number of aromatic nitrogens is 1. The summed E-state index contributed by atoms with van der Waals surface area (Å²) in [6, 6.07) is 5.44. The quantitative estimate of drug-likeness (QED) is 0.890. The predicted molar refractivity (Wildman–Crippen MR) is 75.7 cm³/mol. The highest BCUT2D eigenvalue weighted by Gasteiger charge is 2.11. The third-order valence-electron chi connectivity index (χ3n) is 2.56. The van der Waals surface area contributed by atoms with Crippen molar-refractivity contribution in [2.45, 2.75) is 13.5 Å². The average molecular weight is 343 g/mol. The maximum absolute atomic E-state index is 13.2. The van der Waals surface area contributed by atoms with Gasteiger partial charge < -0.3 is 10.1 Å². The van der Waals surface area contributed by atoms with Gasteiger partial charge in [0.25, 0.3) is 0 Å². The molecule has 0 radical (unpaired) electrons. The standard InChI is InChI=1S/C14H13BrF2N2O/c1-2-18-7-9-5-11(17)8-19-14(9)20-13-6-10(16)3-4-12(13)15/h3-6,8,18H,2,7H2,1H3. The molecular formula is C14H13BrF2N2O. The molecule has 20 heavy (non-hydrogen) atoms. The van der Waals surface area contributed by atoms with Gasteiger partial charge in [-0.05, 0) is 40.7 Å². The van der Waals surface area contributed by atoms with E-state index in [9.17, 15) is 8.78 Å². The van der Waals surface area contributed by atoms with Crippen molar-refractivity contribution in [2.24, 2.45) is 0 Å². The molecule has 1 aromatic heterocycles. The van der Waals surface area contributed by atoms with Gasteiger partial charge in [0.05, 0.1) is 10.7 Å². The van der Waals surface area contributed by atoms with Gasteiger partial charge >= 0.3 is 0 Å². The van der Waals surface area contributed by atoms with Crippen LogP contribution in [0, 0.1) is 11.6 Å². The monoisotopic (exact) mass is 342 g/mol. The van der Waals surface area contributed by atoms with Gasteiger partial charge in [0.15, 0.2) is 0 Å². The topological polar surface area (TPSA) is 34.2 Å². The molecule has 0 saturated heterocycles. The second kappa shape index (κ2) is 6.76. The van der Waals surface area contributed by atoms with Crippen LogP contribution >= 0.6 is 15.9 Å². The van der Waals surface area contributed by atoms with Crippen LogP contribution in [-0.2, 0) is 6.54 Å². The van der Waals surface area contributed by atoms with E-state index in [2.05, 4.69) is 26.2 Å². The molecule has 0 saturated carbocycles. The molecule has 6 heteroatoms. The first kappa shape index (κ1) is 14.9. The van der Waals surface area contributed by atoms with E-state index in [1.54, 1.807) is 0 Å². The van der Waals surface area contributed by atoms with Crippen LogP contribution in [0.2, 0.25) is 0 Å². The number of ether oxygens (including phenoxy) is 1. The summed E-state index contributed by atoms with van der Waals surface area (Å²) in [5, 5.41) is 3.07. The molecule has 1 heterocycles. The fourth-order valence-electron chi connectivity index (χ4n) is 1.61. The Balaban J connectivity index is 2.30. The first-order valence-corrected chi connectivity index (χ1v) is 6.87. The van der Waals surface area contributed by atoms with E-state index in [1.807, 2.05) is 6.92 Å². The number of hydrogen-bond acceptors (Lipinski definition) is 3. The predicted octanol–water partition coefficient (Wildman–Crippen LogP) is 4.02.